The number of hydrogen-bond donors (Lipinski definition) is 2. The van der Waals surface area contributed by atoms with Gasteiger partial charge in [-0.3, -0.25) is 0 Å². The van der Waals surface area contributed by atoms with Gasteiger partial charge in [0.25, 0.3) is 5.60 Å². The molecule has 30 heavy (non-hydrogen) atoms. The Kier molecular flexibility index (Phi) is 5.68. The van der Waals surface area contributed by atoms with Crippen LogP contribution in [0.4, 0.5) is 19.0 Å². The van der Waals surface area contributed by atoms with Gasteiger partial charge in [0.05, 0.1) is 18.5 Å². The van der Waals surface area contributed by atoms with Gasteiger partial charge in [-0.2, -0.15) is 18.3 Å². The highest BCUT2D eigenvalue weighted by atomic mass is 19.4. The number of carbonyl (C=O) groups is 1. The number of rotatable bonds is 4. The first kappa shape index (κ1) is 21.9. The number of esters is 1. The molecule has 0 radical (unpaired) electrons. The van der Waals surface area contributed by atoms with E-state index in [1.807, 2.05) is 19.1 Å². The number of carbonyl (C=O) groups excluding carboxylic acids is 1. The van der Waals surface area contributed by atoms with Gasteiger partial charge in [-0.05, 0) is 50.8 Å². The van der Waals surface area contributed by atoms with Crippen molar-refractivity contribution in [2.75, 3.05) is 12.8 Å². The molecule has 0 spiro atoms. The standard InChI is InChI=1S/C21H24F3N3O3/c1-12-8-10-14(11-9-12)27-18(25)17(13(2)26-27)15-6-4-5-7-16(15)20(29,19(28)30-3)21(22,23)24/h6,8-11,16,29H,4-5,7,25H2,1-3H3/t16?,20-/m0/s1. The molecule has 6 nitrogen and oxygen atoms in total. The number of allylic oxidation sites excluding steroid dienone is 1. The summed E-state index contributed by atoms with van der Waals surface area (Å²) < 4.78 is 47.5. The number of aliphatic hydroxyl groups is 1. The molecule has 1 unspecified atom stereocenters. The molecule has 1 aliphatic rings. The first-order valence-corrected chi connectivity index (χ1v) is 9.52. The number of nitrogens with two attached hydrogens (primary N) is 1. The van der Waals surface area contributed by atoms with E-state index in [0.717, 1.165) is 12.7 Å². The fraction of sp³-hybridized carbons (Fsp3) is 0.429. The van der Waals surface area contributed by atoms with Gasteiger partial charge in [-0.15, -0.1) is 0 Å². The highest BCUT2D eigenvalue weighted by molar-refractivity contribution is 5.87. The normalized spacial score (nSPS) is 19.2. The van der Waals surface area contributed by atoms with Crippen molar-refractivity contribution in [3.05, 3.63) is 47.2 Å². The summed E-state index contributed by atoms with van der Waals surface area (Å²) in [5, 5.41) is 15.0. The summed E-state index contributed by atoms with van der Waals surface area (Å²) in [6.07, 6.45) is -2.81. The lowest BCUT2D eigenvalue weighted by atomic mass is 9.72. The number of nitrogen functional groups attached to an aromatic ring is 1. The Morgan fingerprint density at radius 2 is 1.90 bits per heavy atom. The number of methoxy groups -OCH3 is 1. The summed E-state index contributed by atoms with van der Waals surface area (Å²) >= 11 is 0. The summed E-state index contributed by atoms with van der Waals surface area (Å²) in [4.78, 5) is 12.1. The highest BCUT2D eigenvalue weighted by Gasteiger charge is 2.66. The van der Waals surface area contributed by atoms with Gasteiger partial charge in [0, 0.05) is 11.5 Å². The predicted octanol–water partition coefficient (Wildman–Crippen LogP) is 3.72. The molecule has 3 N–H and O–H groups in total. The van der Waals surface area contributed by atoms with Crippen molar-refractivity contribution in [2.45, 2.75) is 44.9 Å². The van der Waals surface area contributed by atoms with Crippen LogP contribution >= 0.6 is 0 Å². The van der Waals surface area contributed by atoms with Crippen molar-refractivity contribution in [2.24, 2.45) is 5.92 Å². The molecule has 0 bridgehead atoms. The minimum atomic E-state index is -5.23. The average molecular weight is 423 g/mol. The molecule has 0 amide bonds. The smallest absolute Gasteiger partial charge is 0.428 e. The highest BCUT2D eigenvalue weighted by Crippen LogP contribution is 2.49. The molecule has 0 fully saturated rings. The number of hydrogen-bond acceptors (Lipinski definition) is 5. The summed E-state index contributed by atoms with van der Waals surface area (Å²) in [5.41, 5.74) is 5.17. The molecule has 162 valence electrons. The quantitative estimate of drug-likeness (QED) is 0.732. The lowest BCUT2D eigenvalue weighted by molar-refractivity contribution is -0.272. The second-order valence-electron chi connectivity index (χ2n) is 7.49. The third-order valence-corrected chi connectivity index (χ3v) is 5.53. The van der Waals surface area contributed by atoms with Crippen LogP contribution in [0.15, 0.2) is 30.3 Å². The molecule has 1 heterocycles. The van der Waals surface area contributed by atoms with Crippen LogP contribution in [0.1, 0.15) is 36.1 Å². The summed E-state index contributed by atoms with van der Waals surface area (Å²) in [6.45, 7) is 3.56. The molecule has 1 aromatic carbocycles. The van der Waals surface area contributed by atoms with Gasteiger partial charge < -0.3 is 15.6 Å². The van der Waals surface area contributed by atoms with E-state index in [1.165, 1.54) is 4.68 Å². The molecule has 2 aromatic rings. The Hall–Kier alpha value is -2.81. The van der Waals surface area contributed by atoms with Crippen LogP contribution < -0.4 is 5.73 Å². The molecular weight excluding hydrogens is 399 g/mol. The number of benzene rings is 1. The van der Waals surface area contributed by atoms with Gasteiger partial charge in [-0.25, -0.2) is 9.48 Å². The molecule has 0 saturated carbocycles. The third kappa shape index (κ3) is 3.47. The maximum Gasteiger partial charge on any atom is 0.428 e. The van der Waals surface area contributed by atoms with Crippen molar-refractivity contribution < 1.29 is 27.8 Å². The zero-order valence-electron chi connectivity index (χ0n) is 17.0. The number of halogens is 3. The number of ether oxygens (including phenoxy) is 1. The average Bonchev–Trinajstić information content (AvgIpc) is 3.00. The number of alkyl halides is 3. The first-order valence-electron chi connectivity index (χ1n) is 9.52. The molecule has 3 rings (SSSR count). The molecule has 1 aromatic heterocycles. The van der Waals surface area contributed by atoms with E-state index in [1.54, 1.807) is 25.1 Å². The predicted molar refractivity (Wildman–Crippen MR) is 106 cm³/mol. The van der Waals surface area contributed by atoms with Gasteiger partial charge >= 0.3 is 12.1 Å². The SMILES string of the molecule is COC(=O)[C@@](O)(C1CCCC=C1c1c(C)nn(-c2ccc(C)cc2)c1N)C(F)(F)F. The van der Waals surface area contributed by atoms with Crippen molar-refractivity contribution in [1.29, 1.82) is 0 Å². The minimum Gasteiger partial charge on any atom is -0.467 e. The lowest BCUT2D eigenvalue weighted by Crippen LogP contribution is -2.58. The van der Waals surface area contributed by atoms with Crippen LogP contribution in [0.5, 0.6) is 0 Å². The minimum absolute atomic E-state index is 0.0501. The van der Waals surface area contributed by atoms with Crippen LogP contribution in [0.2, 0.25) is 0 Å². The largest absolute Gasteiger partial charge is 0.467 e. The zero-order valence-corrected chi connectivity index (χ0v) is 17.0. The second-order valence-corrected chi connectivity index (χ2v) is 7.49. The van der Waals surface area contributed by atoms with Crippen molar-refractivity contribution in [1.82, 2.24) is 9.78 Å². The lowest BCUT2D eigenvalue weighted by Gasteiger charge is -2.38. The van der Waals surface area contributed by atoms with E-state index in [-0.39, 0.29) is 17.8 Å². The monoisotopic (exact) mass is 423 g/mol. The van der Waals surface area contributed by atoms with Gasteiger partial charge in [0.15, 0.2) is 0 Å². The Labute approximate surface area is 172 Å². The summed E-state index contributed by atoms with van der Waals surface area (Å²) in [6, 6.07) is 7.34. The van der Waals surface area contributed by atoms with E-state index in [2.05, 4.69) is 9.84 Å². The third-order valence-electron chi connectivity index (χ3n) is 5.53. The Balaban J connectivity index is 2.15. The molecule has 9 heteroatoms. The van der Waals surface area contributed by atoms with Crippen LogP contribution in [0.3, 0.4) is 0 Å². The maximum atomic E-state index is 13.9. The molecule has 1 aliphatic carbocycles. The van der Waals surface area contributed by atoms with Gasteiger partial charge in [0.1, 0.15) is 5.82 Å². The van der Waals surface area contributed by atoms with Crippen LogP contribution in [-0.2, 0) is 9.53 Å². The van der Waals surface area contributed by atoms with Crippen LogP contribution in [0, 0.1) is 19.8 Å². The molecule has 2 atom stereocenters. The Morgan fingerprint density at radius 1 is 1.27 bits per heavy atom. The van der Waals surface area contributed by atoms with Crippen molar-refractivity contribution >= 4 is 17.4 Å². The number of anilines is 1. The van der Waals surface area contributed by atoms with E-state index < -0.39 is 23.7 Å². The van der Waals surface area contributed by atoms with Crippen molar-refractivity contribution in [3.8, 4) is 5.69 Å². The topological polar surface area (TPSA) is 90.4 Å². The molecular formula is C21H24F3N3O3. The van der Waals surface area contributed by atoms with E-state index in [0.29, 0.717) is 29.8 Å². The fourth-order valence-corrected chi connectivity index (χ4v) is 3.98. The van der Waals surface area contributed by atoms with E-state index in [9.17, 15) is 23.1 Å². The van der Waals surface area contributed by atoms with E-state index >= 15 is 0 Å². The first-order chi connectivity index (χ1) is 14.0. The van der Waals surface area contributed by atoms with Crippen LogP contribution in [0.25, 0.3) is 11.3 Å². The van der Waals surface area contributed by atoms with Gasteiger partial charge in [0.2, 0.25) is 0 Å². The number of aryl methyl sites for hydroxylation is 2. The second kappa shape index (κ2) is 7.79. The summed E-state index contributed by atoms with van der Waals surface area (Å²) in [5.74, 6) is -3.16. The zero-order chi connectivity index (χ0) is 22.3. The number of nitrogens with zero attached hydrogens (tertiary/aromatic N) is 2. The molecule has 0 saturated heterocycles. The summed E-state index contributed by atoms with van der Waals surface area (Å²) in [7, 11) is 0.820. The maximum absolute atomic E-state index is 13.9. The number of aromatic nitrogens is 2. The fourth-order valence-electron chi connectivity index (χ4n) is 3.98. The van der Waals surface area contributed by atoms with Gasteiger partial charge in [-0.1, -0.05) is 23.8 Å². The molecule has 0 aliphatic heterocycles. The van der Waals surface area contributed by atoms with Crippen LogP contribution in [-0.4, -0.2) is 39.7 Å². The van der Waals surface area contributed by atoms with E-state index in [4.69, 9.17) is 5.73 Å². The van der Waals surface area contributed by atoms with Crippen molar-refractivity contribution in [3.63, 3.8) is 0 Å². The Morgan fingerprint density at radius 3 is 2.47 bits per heavy atom. The Bertz CT molecular complexity index is 980.